The van der Waals surface area contributed by atoms with Gasteiger partial charge >= 0.3 is 0 Å². The molecule has 0 fully saturated rings. The van der Waals surface area contributed by atoms with Crippen molar-refractivity contribution in [2.75, 3.05) is 18.5 Å². The van der Waals surface area contributed by atoms with Crippen LogP contribution in [-0.4, -0.2) is 25.0 Å². The lowest BCUT2D eigenvalue weighted by Gasteiger charge is -2.09. The van der Waals surface area contributed by atoms with Crippen molar-refractivity contribution in [2.45, 2.75) is 13.3 Å². The Kier molecular flexibility index (Phi) is 7.44. The highest BCUT2D eigenvalue weighted by atomic mass is 16.5. The quantitative estimate of drug-likeness (QED) is 0.545. The molecule has 0 saturated heterocycles. The van der Waals surface area contributed by atoms with E-state index in [1.807, 2.05) is 37.3 Å². The number of para-hydroxylation sites is 1. The number of amides is 2. The minimum atomic E-state index is -0.289. The van der Waals surface area contributed by atoms with E-state index in [9.17, 15) is 9.59 Å². The second-order valence-corrected chi connectivity index (χ2v) is 6.56. The fourth-order valence-corrected chi connectivity index (χ4v) is 2.62. The topological polar surface area (TPSA) is 76.7 Å². The first-order chi connectivity index (χ1) is 14.6. The van der Waals surface area contributed by atoms with Crippen molar-refractivity contribution >= 4 is 17.5 Å². The maximum absolute atomic E-state index is 12.1. The largest absolute Gasteiger partial charge is 0.484 e. The van der Waals surface area contributed by atoms with Crippen LogP contribution in [0.15, 0.2) is 78.9 Å². The molecule has 0 aliphatic rings. The number of anilines is 1. The third-order valence-corrected chi connectivity index (χ3v) is 4.14. The van der Waals surface area contributed by atoms with Gasteiger partial charge in [-0.25, -0.2) is 0 Å². The summed E-state index contributed by atoms with van der Waals surface area (Å²) in [6.07, 6.45) is 0.878. The second kappa shape index (κ2) is 10.7. The molecule has 0 unspecified atom stereocenters. The normalized spacial score (nSPS) is 10.2. The van der Waals surface area contributed by atoms with Crippen LogP contribution in [0.4, 0.5) is 5.69 Å². The molecule has 0 aliphatic heterocycles. The number of carbonyl (C=O) groups is 2. The van der Waals surface area contributed by atoms with Gasteiger partial charge in [-0.3, -0.25) is 9.59 Å². The van der Waals surface area contributed by atoms with E-state index < -0.39 is 0 Å². The lowest BCUT2D eigenvalue weighted by molar-refractivity contribution is -0.118. The van der Waals surface area contributed by atoms with Crippen molar-refractivity contribution in [1.82, 2.24) is 5.32 Å². The molecule has 3 aromatic rings. The summed E-state index contributed by atoms with van der Waals surface area (Å²) in [6, 6.07) is 23.3. The molecular formula is C24H24N2O4. The number of benzene rings is 3. The number of hydrogen-bond donors (Lipinski definition) is 2. The molecule has 30 heavy (non-hydrogen) atoms. The zero-order valence-electron chi connectivity index (χ0n) is 16.8. The molecule has 3 rings (SSSR count). The highest BCUT2D eigenvalue weighted by molar-refractivity contribution is 5.96. The van der Waals surface area contributed by atoms with E-state index in [-0.39, 0.29) is 18.4 Å². The summed E-state index contributed by atoms with van der Waals surface area (Å²) >= 11 is 0. The third-order valence-electron chi connectivity index (χ3n) is 4.14. The van der Waals surface area contributed by atoms with Gasteiger partial charge in [-0.2, -0.15) is 0 Å². The molecule has 2 N–H and O–H groups in total. The van der Waals surface area contributed by atoms with Gasteiger partial charge in [0.1, 0.15) is 17.2 Å². The highest BCUT2D eigenvalue weighted by Gasteiger charge is 2.07. The lowest BCUT2D eigenvalue weighted by Crippen LogP contribution is -2.24. The van der Waals surface area contributed by atoms with Crippen LogP contribution in [0.3, 0.4) is 0 Å². The van der Waals surface area contributed by atoms with Crippen LogP contribution in [0.5, 0.6) is 17.2 Å². The van der Waals surface area contributed by atoms with Crippen molar-refractivity contribution in [2.24, 2.45) is 0 Å². The molecular weight excluding hydrogens is 380 g/mol. The van der Waals surface area contributed by atoms with Crippen molar-refractivity contribution in [3.63, 3.8) is 0 Å². The number of hydrogen-bond acceptors (Lipinski definition) is 4. The summed E-state index contributed by atoms with van der Waals surface area (Å²) in [5, 5.41) is 5.55. The number of ether oxygens (including phenoxy) is 2. The molecule has 0 aromatic heterocycles. The van der Waals surface area contributed by atoms with Crippen molar-refractivity contribution in [3.05, 3.63) is 84.4 Å². The van der Waals surface area contributed by atoms with Gasteiger partial charge in [0.15, 0.2) is 6.61 Å². The van der Waals surface area contributed by atoms with Crippen LogP contribution >= 0.6 is 0 Å². The maximum Gasteiger partial charge on any atom is 0.262 e. The summed E-state index contributed by atoms with van der Waals surface area (Å²) in [6.45, 7) is 2.50. The molecule has 3 aromatic carbocycles. The Bertz CT molecular complexity index is 955. The summed E-state index contributed by atoms with van der Waals surface area (Å²) in [7, 11) is 0. The van der Waals surface area contributed by atoms with E-state index in [1.165, 1.54) is 0 Å². The van der Waals surface area contributed by atoms with Gasteiger partial charge in [-0.1, -0.05) is 25.1 Å². The van der Waals surface area contributed by atoms with Crippen LogP contribution < -0.4 is 20.1 Å². The van der Waals surface area contributed by atoms with E-state index in [0.717, 1.165) is 12.2 Å². The van der Waals surface area contributed by atoms with E-state index in [0.29, 0.717) is 29.3 Å². The molecule has 154 valence electrons. The summed E-state index contributed by atoms with van der Waals surface area (Å²) < 4.78 is 11.2. The Morgan fingerprint density at radius 3 is 2.10 bits per heavy atom. The van der Waals surface area contributed by atoms with Gasteiger partial charge in [0, 0.05) is 17.8 Å². The Labute approximate surface area is 175 Å². The minimum absolute atomic E-state index is 0.127. The van der Waals surface area contributed by atoms with Gasteiger partial charge in [0.05, 0.1) is 0 Å². The van der Waals surface area contributed by atoms with E-state index >= 15 is 0 Å². The Morgan fingerprint density at radius 1 is 0.800 bits per heavy atom. The Hall–Kier alpha value is -3.80. The molecule has 6 heteroatoms. The van der Waals surface area contributed by atoms with E-state index in [1.54, 1.807) is 48.5 Å². The standard InChI is InChI=1S/C24H24N2O4/c1-2-16-25-24(28)18-8-10-19(11-9-18)26-23(27)17-29-20-12-14-22(15-13-20)30-21-6-4-3-5-7-21/h3-15H,2,16-17H2,1H3,(H,25,28)(H,26,27). The molecule has 0 saturated carbocycles. The van der Waals surface area contributed by atoms with Crippen LogP contribution in [0, 0.1) is 0 Å². The molecule has 0 aliphatic carbocycles. The second-order valence-electron chi connectivity index (χ2n) is 6.56. The first kappa shape index (κ1) is 20.9. The fourth-order valence-electron chi connectivity index (χ4n) is 2.62. The number of nitrogens with one attached hydrogen (secondary N) is 2. The molecule has 0 heterocycles. The smallest absolute Gasteiger partial charge is 0.262 e. The van der Waals surface area contributed by atoms with Crippen LogP contribution in [0.25, 0.3) is 0 Å². The summed E-state index contributed by atoms with van der Waals surface area (Å²) in [5.41, 5.74) is 1.15. The van der Waals surface area contributed by atoms with Crippen molar-refractivity contribution in [3.8, 4) is 17.2 Å². The van der Waals surface area contributed by atoms with Gasteiger partial charge < -0.3 is 20.1 Å². The molecule has 0 atom stereocenters. The van der Waals surface area contributed by atoms with Crippen LogP contribution in [-0.2, 0) is 4.79 Å². The highest BCUT2D eigenvalue weighted by Crippen LogP contribution is 2.23. The predicted octanol–water partition coefficient (Wildman–Crippen LogP) is 4.64. The van der Waals surface area contributed by atoms with Gasteiger partial charge in [-0.05, 0) is 67.1 Å². The zero-order valence-corrected chi connectivity index (χ0v) is 16.8. The van der Waals surface area contributed by atoms with E-state index in [2.05, 4.69) is 10.6 Å². The lowest BCUT2D eigenvalue weighted by atomic mass is 10.2. The molecule has 2 amide bonds. The van der Waals surface area contributed by atoms with Gasteiger partial charge in [-0.15, -0.1) is 0 Å². The number of rotatable bonds is 9. The monoisotopic (exact) mass is 404 g/mol. The van der Waals surface area contributed by atoms with Crippen molar-refractivity contribution < 1.29 is 19.1 Å². The van der Waals surface area contributed by atoms with Gasteiger partial charge in [0.2, 0.25) is 0 Å². The summed E-state index contributed by atoms with van der Waals surface area (Å²) in [4.78, 5) is 24.0. The Morgan fingerprint density at radius 2 is 1.43 bits per heavy atom. The summed E-state index contributed by atoms with van der Waals surface area (Å²) in [5.74, 6) is 1.58. The fraction of sp³-hybridized carbons (Fsp3) is 0.167. The van der Waals surface area contributed by atoms with Crippen LogP contribution in [0.2, 0.25) is 0 Å². The average molecular weight is 404 g/mol. The van der Waals surface area contributed by atoms with Gasteiger partial charge in [0.25, 0.3) is 11.8 Å². The van der Waals surface area contributed by atoms with E-state index in [4.69, 9.17) is 9.47 Å². The molecule has 0 spiro atoms. The molecule has 6 nitrogen and oxygen atoms in total. The van der Waals surface area contributed by atoms with Crippen molar-refractivity contribution in [1.29, 1.82) is 0 Å². The van der Waals surface area contributed by atoms with Crippen LogP contribution in [0.1, 0.15) is 23.7 Å². The minimum Gasteiger partial charge on any atom is -0.484 e. The molecule has 0 bridgehead atoms. The first-order valence-electron chi connectivity index (χ1n) is 9.78. The average Bonchev–Trinajstić information content (AvgIpc) is 2.78. The maximum atomic E-state index is 12.1. The Balaban J connectivity index is 1.45. The zero-order chi connectivity index (χ0) is 21.2. The number of carbonyl (C=O) groups excluding carboxylic acids is 2. The molecule has 0 radical (unpaired) electrons. The first-order valence-corrected chi connectivity index (χ1v) is 9.78. The predicted molar refractivity (Wildman–Crippen MR) is 116 cm³/mol. The SMILES string of the molecule is CCCNC(=O)c1ccc(NC(=O)COc2ccc(Oc3ccccc3)cc2)cc1. The third kappa shape index (κ3) is 6.38.